The van der Waals surface area contributed by atoms with Crippen LogP contribution in [0.4, 0.5) is 10.1 Å². The normalized spacial score (nSPS) is 12.2. The van der Waals surface area contributed by atoms with Gasteiger partial charge in [-0.15, -0.1) is 0 Å². The molecule has 1 N–H and O–H groups in total. The number of imidazole rings is 1. The van der Waals surface area contributed by atoms with Crippen molar-refractivity contribution in [2.45, 2.75) is 12.7 Å². The Labute approximate surface area is 141 Å². The Morgan fingerprint density at radius 1 is 1.25 bits per heavy atom. The first-order chi connectivity index (χ1) is 11.5. The average Bonchev–Trinajstić information content (AvgIpc) is 2.93. The lowest BCUT2D eigenvalue weighted by molar-refractivity contribution is -0.113. The molecule has 124 valence electrons. The second kappa shape index (κ2) is 6.92. The number of nitrogens with one attached hydrogen (secondary N) is 1. The van der Waals surface area contributed by atoms with Crippen molar-refractivity contribution in [3.8, 4) is 0 Å². The summed E-state index contributed by atoms with van der Waals surface area (Å²) in [5, 5.41) is 2.43. The fraction of sp³-hybridized carbons (Fsp3) is 0.176. The van der Waals surface area contributed by atoms with E-state index in [1.165, 1.54) is 18.2 Å². The highest BCUT2D eigenvalue weighted by molar-refractivity contribution is 7.84. The molecule has 0 spiro atoms. The van der Waals surface area contributed by atoms with Crippen molar-refractivity contribution in [2.75, 3.05) is 11.1 Å². The molecule has 1 amide bonds. The molecular weight excluding hydrogens is 329 g/mol. The Hall–Kier alpha value is -2.54. The summed E-state index contributed by atoms with van der Waals surface area (Å²) >= 11 is 0. The van der Waals surface area contributed by atoms with E-state index < -0.39 is 22.5 Å². The van der Waals surface area contributed by atoms with E-state index in [2.05, 4.69) is 10.3 Å². The topological polar surface area (TPSA) is 63.5 Å². The van der Waals surface area contributed by atoms with Gasteiger partial charge in [0, 0.05) is 22.7 Å². The number of benzene rings is 1. The zero-order valence-electron chi connectivity index (χ0n) is 13.0. The molecule has 0 aliphatic heterocycles. The van der Waals surface area contributed by atoms with E-state index in [9.17, 15) is 13.4 Å². The highest BCUT2D eigenvalue weighted by Gasteiger charge is 2.13. The molecule has 0 aliphatic rings. The maximum atomic E-state index is 13.5. The number of pyridine rings is 1. The van der Waals surface area contributed by atoms with Crippen molar-refractivity contribution < 1.29 is 13.4 Å². The molecule has 5 nitrogen and oxygen atoms in total. The third-order valence-electron chi connectivity index (χ3n) is 3.49. The van der Waals surface area contributed by atoms with Crippen molar-refractivity contribution >= 4 is 28.0 Å². The van der Waals surface area contributed by atoms with Gasteiger partial charge in [0.05, 0.1) is 17.1 Å². The van der Waals surface area contributed by atoms with Gasteiger partial charge in [-0.25, -0.2) is 9.37 Å². The summed E-state index contributed by atoms with van der Waals surface area (Å²) < 4.78 is 27.6. The van der Waals surface area contributed by atoms with Crippen LogP contribution in [0.2, 0.25) is 0 Å². The molecule has 0 aliphatic carbocycles. The van der Waals surface area contributed by atoms with Crippen molar-refractivity contribution in [3.05, 3.63) is 65.9 Å². The Morgan fingerprint density at radius 2 is 2.04 bits per heavy atom. The van der Waals surface area contributed by atoms with Crippen LogP contribution in [-0.2, 0) is 21.3 Å². The largest absolute Gasteiger partial charge is 0.323 e. The van der Waals surface area contributed by atoms with Crippen LogP contribution in [0.5, 0.6) is 0 Å². The molecule has 2 aromatic heterocycles. The van der Waals surface area contributed by atoms with Gasteiger partial charge in [0.2, 0.25) is 5.91 Å². The number of carbonyl (C=O) groups is 1. The van der Waals surface area contributed by atoms with Crippen LogP contribution < -0.4 is 5.32 Å². The molecule has 2 heterocycles. The van der Waals surface area contributed by atoms with Gasteiger partial charge < -0.3 is 9.72 Å². The first kappa shape index (κ1) is 16.3. The van der Waals surface area contributed by atoms with Gasteiger partial charge in [-0.2, -0.15) is 0 Å². The molecular formula is C17H16FN3O2S. The molecule has 0 unspecified atom stereocenters. The van der Waals surface area contributed by atoms with Gasteiger partial charge in [0.15, 0.2) is 0 Å². The lowest BCUT2D eigenvalue weighted by Crippen LogP contribution is -2.20. The number of hydrogen-bond donors (Lipinski definition) is 1. The zero-order chi connectivity index (χ0) is 17.1. The van der Waals surface area contributed by atoms with E-state index in [0.717, 1.165) is 11.3 Å². The number of carbonyl (C=O) groups excluding carboxylic acids is 1. The van der Waals surface area contributed by atoms with Gasteiger partial charge in [0.25, 0.3) is 0 Å². The number of nitrogens with zero attached hydrogens (tertiary/aromatic N) is 2. The second-order valence-corrected chi connectivity index (χ2v) is 6.84. The van der Waals surface area contributed by atoms with Crippen molar-refractivity contribution in [2.24, 2.45) is 0 Å². The second-order valence-electron chi connectivity index (χ2n) is 5.38. The van der Waals surface area contributed by atoms with E-state index in [1.807, 2.05) is 35.7 Å². The highest BCUT2D eigenvalue weighted by Crippen LogP contribution is 2.13. The van der Waals surface area contributed by atoms with Crippen LogP contribution in [0.15, 0.2) is 48.7 Å². The van der Waals surface area contributed by atoms with Gasteiger partial charge in [0.1, 0.15) is 17.2 Å². The summed E-state index contributed by atoms with van der Waals surface area (Å²) in [7, 11) is -1.42. The Morgan fingerprint density at radius 3 is 2.79 bits per heavy atom. The average molecular weight is 345 g/mol. The number of halogens is 1. The monoisotopic (exact) mass is 345 g/mol. The number of aryl methyl sites for hydroxylation is 1. The number of para-hydroxylation sites is 1. The molecule has 24 heavy (non-hydrogen) atoms. The third-order valence-corrected chi connectivity index (χ3v) is 4.70. The number of anilines is 1. The number of aromatic nitrogens is 2. The van der Waals surface area contributed by atoms with Gasteiger partial charge in [-0.1, -0.05) is 18.2 Å². The van der Waals surface area contributed by atoms with Crippen LogP contribution in [0.25, 0.3) is 5.65 Å². The summed E-state index contributed by atoms with van der Waals surface area (Å²) in [4.78, 5) is 16.3. The molecule has 0 bridgehead atoms. The van der Waals surface area contributed by atoms with E-state index >= 15 is 0 Å². The quantitative estimate of drug-likeness (QED) is 0.773. The maximum absolute atomic E-state index is 13.5. The standard InChI is InChI=1S/C17H16FN3O2S/c1-12-5-4-8-16-19-13(9-21(12)16)10-24(23)11-17(22)20-15-7-3-2-6-14(15)18/h2-9H,10-11H2,1H3,(H,20,22)/t24-/m1/s1. The molecule has 1 atom stereocenters. The van der Waals surface area contributed by atoms with E-state index in [4.69, 9.17) is 0 Å². The first-order valence-electron chi connectivity index (χ1n) is 7.36. The lowest BCUT2D eigenvalue weighted by Gasteiger charge is -2.05. The zero-order valence-corrected chi connectivity index (χ0v) is 13.8. The van der Waals surface area contributed by atoms with Crippen molar-refractivity contribution in [3.63, 3.8) is 0 Å². The Balaban J connectivity index is 1.63. The SMILES string of the molecule is Cc1cccc2nc(C[S@@](=O)CC(=O)Nc3ccccc3F)cn12. The number of fused-ring (bicyclic) bond motifs is 1. The predicted octanol–water partition coefficient (Wildman–Crippen LogP) is 2.67. The van der Waals surface area contributed by atoms with Crippen molar-refractivity contribution in [1.29, 1.82) is 0 Å². The smallest absolute Gasteiger partial charge is 0.237 e. The lowest BCUT2D eigenvalue weighted by atomic mass is 10.3. The Bertz CT molecular complexity index is 923. The van der Waals surface area contributed by atoms with Crippen molar-refractivity contribution in [1.82, 2.24) is 9.38 Å². The minimum atomic E-state index is -1.42. The van der Waals surface area contributed by atoms with E-state index in [0.29, 0.717) is 5.69 Å². The summed E-state index contributed by atoms with van der Waals surface area (Å²) in [5.41, 5.74) is 2.54. The minimum absolute atomic E-state index is 0.0860. The summed E-state index contributed by atoms with van der Waals surface area (Å²) in [6.07, 6.45) is 1.82. The fourth-order valence-electron chi connectivity index (χ4n) is 2.38. The molecule has 0 saturated heterocycles. The minimum Gasteiger partial charge on any atom is -0.323 e. The highest BCUT2D eigenvalue weighted by atomic mass is 32.2. The van der Waals surface area contributed by atoms with Crippen LogP contribution in [0.1, 0.15) is 11.4 Å². The maximum Gasteiger partial charge on any atom is 0.237 e. The number of rotatable bonds is 5. The van der Waals surface area contributed by atoms with Gasteiger partial charge in [-0.3, -0.25) is 9.00 Å². The molecule has 1 aromatic carbocycles. The Kier molecular flexibility index (Phi) is 4.71. The van der Waals surface area contributed by atoms with Crippen LogP contribution in [0.3, 0.4) is 0 Å². The molecule has 0 radical (unpaired) electrons. The van der Waals surface area contributed by atoms with E-state index in [1.54, 1.807) is 6.07 Å². The molecule has 3 aromatic rings. The van der Waals surface area contributed by atoms with Crippen LogP contribution in [-0.4, -0.2) is 25.3 Å². The predicted molar refractivity (Wildman–Crippen MR) is 91.7 cm³/mol. The molecule has 0 fully saturated rings. The molecule has 7 heteroatoms. The van der Waals surface area contributed by atoms with Crippen LogP contribution >= 0.6 is 0 Å². The summed E-state index contributed by atoms with van der Waals surface area (Å²) in [6, 6.07) is 11.6. The van der Waals surface area contributed by atoms with Gasteiger partial charge >= 0.3 is 0 Å². The third kappa shape index (κ3) is 3.68. The van der Waals surface area contributed by atoms with E-state index in [-0.39, 0.29) is 17.2 Å². The van der Waals surface area contributed by atoms with Gasteiger partial charge in [-0.05, 0) is 31.2 Å². The van der Waals surface area contributed by atoms with Crippen LogP contribution in [0, 0.1) is 12.7 Å². The first-order valence-corrected chi connectivity index (χ1v) is 8.84. The molecule has 3 rings (SSSR count). The molecule has 0 saturated carbocycles. The number of hydrogen-bond acceptors (Lipinski definition) is 3. The number of amides is 1. The summed E-state index contributed by atoms with van der Waals surface area (Å²) in [5.74, 6) is -1.04. The summed E-state index contributed by atoms with van der Waals surface area (Å²) in [6.45, 7) is 1.96. The fourth-order valence-corrected chi connectivity index (χ4v) is 3.32.